The normalized spacial score (nSPS) is 11.6. The minimum Gasteiger partial charge on any atom is -0.455 e. The second-order valence-corrected chi connectivity index (χ2v) is 14.3. The summed E-state index contributed by atoms with van der Waals surface area (Å²) in [6, 6.07) is 63.3. The van der Waals surface area contributed by atoms with Crippen molar-refractivity contribution in [3.63, 3.8) is 0 Å². The molecule has 54 heavy (non-hydrogen) atoms. The Kier molecular flexibility index (Phi) is 7.48. The summed E-state index contributed by atoms with van der Waals surface area (Å²) in [5.41, 5.74) is 16.8. The van der Waals surface area contributed by atoms with Gasteiger partial charge in [-0.1, -0.05) is 121 Å². The van der Waals surface area contributed by atoms with Crippen LogP contribution < -0.4 is 4.90 Å². The largest absolute Gasteiger partial charge is 0.455 e. The van der Waals surface area contributed by atoms with E-state index >= 15 is 0 Å². The lowest BCUT2D eigenvalue weighted by Crippen LogP contribution is -2.13. The number of anilines is 3. The van der Waals surface area contributed by atoms with Crippen LogP contribution >= 0.6 is 0 Å². The van der Waals surface area contributed by atoms with Gasteiger partial charge >= 0.3 is 0 Å². The third-order valence-electron chi connectivity index (χ3n) is 11.0. The van der Waals surface area contributed by atoms with Crippen LogP contribution in [0.15, 0.2) is 180 Å². The molecule has 0 aliphatic rings. The number of para-hydroxylation sites is 5. The van der Waals surface area contributed by atoms with E-state index < -0.39 is 0 Å². The average Bonchev–Trinajstić information content (AvgIpc) is 3.76. The van der Waals surface area contributed by atoms with Crippen LogP contribution in [0.3, 0.4) is 0 Å². The number of hydrogen-bond donors (Lipinski definition) is 0. The van der Waals surface area contributed by atoms with Gasteiger partial charge in [-0.3, -0.25) is 0 Å². The number of aromatic nitrogens is 1. The van der Waals surface area contributed by atoms with Crippen LogP contribution in [0.4, 0.5) is 17.1 Å². The van der Waals surface area contributed by atoms with Crippen molar-refractivity contribution in [3.05, 3.63) is 193 Å². The topological polar surface area (TPSA) is 21.3 Å². The van der Waals surface area contributed by atoms with Crippen LogP contribution in [0.1, 0.15) is 16.7 Å². The van der Waals surface area contributed by atoms with E-state index in [-0.39, 0.29) is 0 Å². The van der Waals surface area contributed by atoms with Gasteiger partial charge in [0.05, 0.1) is 16.7 Å². The van der Waals surface area contributed by atoms with E-state index in [9.17, 15) is 0 Å². The third-order valence-corrected chi connectivity index (χ3v) is 11.0. The molecule has 0 amide bonds. The molecule has 0 fully saturated rings. The summed E-state index contributed by atoms with van der Waals surface area (Å²) in [6.07, 6.45) is 0. The molecule has 0 saturated carbocycles. The van der Waals surface area contributed by atoms with Crippen molar-refractivity contribution >= 4 is 60.8 Å². The third kappa shape index (κ3) is 5.04. The van der Waals surface area contributed by atoms with Crippen LogP contribution in [0.25, 0.3) is 71.7 Å². The van der Waals surface area contributed by atoms with Gasteiger partial charge in [0.2, 0.25) is 0 Å². The van der Waals surface area contributed by atoms with Crippen molar-refractivity contribution in [1.29, 1.82) is 0 Å². The summed E-state index contributed by atoms with van der Waals surface area (Å²) in [6.45, 7) is 6.66. The van der Waals surface area contributed by atoms with Gasteiger partial charge in [-0.05, 0) is 103 Å². The summed E-state index contributed by atoms with van der Waals surface area (Å²) in [7, 11) is 0. The van der Waals surface area contributed by atoms with E-state index in [2.05, 4.69) is 206 Å². The molecule has 10 rings (SSSR count). The number of rotatable bonds is 6. The number of aryl methyl sites for hydroxylation is 3. The molecule has 10 aromatic rings. The molecule has 2 heterocycles. The van der Waals surface area contributed by atoms with E-state index in [4.69, 9.17) is 4.42 Å². The highest BCUT2D eigenvalue weighted by molar-refractivity contribution is 6.14. The van der Waals surface area contributed by atoms with Gasteiger partial charge in [0, 0.05) is 49.7 Å². The molecule has 0 bridgehead atoms. The van der Waals surface area contributed by atoms with Crippen molar-refractivity contribution in [2.75, 3.05) is 4.90 Å². The van der Waals surface area contributed by atoms with E-state index in [1.165, 1.54) is 49.6 Å². The zero-order chi connectivity index (χ0) is 36.3. The number of benzene rings is 8. The fraction of sp³-hybridized carbons (Fsp3) is 0.0588. The Hall–Kier alpha value is -6.84. The maximum absolute atomic E-state index is 6.83. The summed E-state index contributed by atoms with van der Waals surface area (Å²) in [5, 5.41) is 4.66. The highest BCUT2D eigenvalue weighted by atomic mass is 16.3. The first-order chi connectivity index (χ1) is 26.5. The van der Waals surface area contributed by atoms with Gasteiger partial charge < -0.3 is 13.9 Å². The molecule has 8 aromatic carbocycles. The van der Waals surface area contributed by atoms with Crippen LogP contribution in [0.2, 0.25) is 0 Å². The molecule has 2 aromatic heterocycles. The summed E-state index contributed by atoms with van der Waals surface area (Å²) in [5.74, 6) is 0. The van der Waals surface area contributed by atoms with Crippen molar-refractivity contribution in [3.8, 4) is 27.9 Å². The Morgan fingerprint density at radius 3 is 1.81 bits per heavy atom. The standard InChI is InChI=1S/C51H38N2O/c1-33-17-7-12-24-45(33)52(49-30-34(2)42(29-35(49)3)36-18-5-4-6-19-36)37-31-43(51-44(32-37)41-23-11-16-28-50(41)54-51)40-22-10-15-27-48(40)53-46-25-13-8-20-38(46)39-21-9-14-26-47(39)53/h4-32H,1-3H3. The lowest BCUT2D eigenvalue weighted by Gasteiger charge is -2.30. The predicted octanol–water partition coefficient (Wildman–Crippen LogP) is 14.4. The maximum atomic E-state index is 6.83. The smallest absolute Gasteiger partial charge is 0.143 e. The van der Waals surface area contributed by atoms with Crippen molar-refractivity contribution in [2.24, 2.45) is 0 Å². The second-order valence-electron chi connectivity index (χ2n) is 14.3. The maximum Gasteiger partial charge on any atom is 0.143 e. The van der Waals surface area contributed by atoms with Crippen LogP contribution in [0.5, 0.6) is 0 Å². The van der Waals surface area contributed by atoms with Gasteiger partial charge in [-0.2, -0.15) is 0 Å². The fourth-order valence-electron chi connectivity index (χ4n) is 8.41. The Labute approximate surface area is 315 Å². The van der Waals surface area contributed by atoms with Crippen LogP contribution in [-0.4, -0.2) is 4.57 Å². The molecule has 258 valence electrons. The van der Waals surface area contributed by atoms with Crippen molar-refractivity contribution in [1.82, 2.24) is 4.57 Å². The summed E-state index contributed by atoms with van der Waals surface area (Å²) >= 11 is 0. The SMILES string of the molecule is Cc1cc(N(c2cc(-c3ccccc3-n3c4ccccc4c4ccccc43)c3oc4ccccc4c3c2)c2ccccc2C)c(C)cc1-c1ccccc1. The van der Waals surface area contributed by atoms with Crippen LogP contribution in [-0.2, 0) is 0 Å². The minimum absolute atomic E-state index is 0.877. The Balaban J connectivity index is 1.28. The first kappa shape index (κ1) is 31.9. The summed E-state index contributed by atoms with van der Waals surface area (Å²) < 4.78 is 9.25. The molecule has 0 saturated heterocycles. The highest BCUT2D eigenvalue weighted by Crippen LogP contribution is 2.47. The number of nitrogens with zero attached hydrogens (tertiary/aromatic N) is 2. The molecule has 0 aliphatic heterocycles. The Bertz CT molecular complexity index is 2980. The van der Waals surface area contributed by atoms with Gasteiger partial charge in [0.1, 0.15) is 11.2 Å². The fourth-order valence-corrected chi connectivity index (χ4v) is 8.41. The average molecular weight is 695 g/mol. The quantitative estimate of drug-likeness (QED) is 0.173. The van der Waals surface area contributed by atoms with E-state index in [0.29, 0.717) is 0 Å². The van der Waals surface area contributed by atoms with E-state index in [1.54, 1.807) is 0 Å². The molecule has 0 atom stereocenters. The lowest BCUT2D eigenvalue weighted by atomic mass is 9.95. The molecule has 0 radical (unpaired) electrons. The van der Waals surface area contributed by atoms with Crippen LogP contribution in [0, 0.1) is 20.8 Å². The van der Waals surface area contributed by atoms with Gasteiger partial charge in [0.25, 0.3) is 0 Å². The first-order valence-corrected chi connectivity index (χ1v) is 18.6. The van der Waals surface area contributed by atoms with E-state index in [0.717, 1.165) is 55.8 Å². The second kappa shape index (κ2) is 12.7. The molecule has 3 heteroatoms. The first-order valence-electron chi connectivity index (χ1n) is 18.6. The van der Waals surface area contributed by atoms with E-state index in [1.807, 2.05) is 0 Å². The zero-order valence-corrected chi connectivity index (χ0v) is 30.5. The van der Waals surface area contributed by atoms with Gasteiger partial charge in [0.15, 0.2) is 0 Å². The van der Waals surface area contributed by atoms with Gasteiger partial charge in [-0.25, -0.2) is 0 Å². The molecule has 0 spiro atoms. The Morgan fingerprint density at radius 1 is 0.426 bits per heavy atom. The number of hydrogen-bond acceptors (Lipinski definition) is 2. The van der Waals surface area contributed by atoms with Gasteiger partial charge in [-0.15, -0.1) is 0 Å². The number of fused-ring (bicyclic) bond motifs is 6. The van der Waals surface area contributed by atoms with Crippen molar-refractivity contribution < 1.29 is 4.42 Å². The molecule has 0 unspecified atom stereocenters. The Morgan fingerprint density at radius 2 is 1.06 bits per heavy atom. The molecule has 0 N–H and O–H groups in total. The van der Waals surface area contributed by atoms with Crippen molar-refractivity contribution in [2.45, 2.75) is 20.8 Å². The highest BCUT2D eigenvalue weighted by Gasteiger charge is 2.24. The lowest BCUT2D eigenvalue weighted by molar-refractivity contribution is 0.670. The molecule has 0 aliphatic carbocycles. The number of furan rings is 1. The zero-order valence-electron chi connectivity index (χ0n) is 30.5. The molecule has 3 nitrogen and oxygen atoms in total. The molecular formula is C51H38N2O. The monoisotopic (exact) mass is 694 g/mol. The predicted molar refractivity (Wildman–Crippen MR) is 228 cm³/mol. The summed E-state index contributed by atoms with van der Waals surface area (Å²) in [4.78, 5) is 2.44. The minimum atomic E-state index is 0.877. The molecular weight excluding hydrogens is 657 g/mol.